The summed E-state index contributed by atoms with van der Waals surface area (Å²) < 4.78 is 59.2. The van der Waals surface area contributed by atoms with Gasteiger partial charge in [0, 0.05) is 43.1 Å². The van der Waals surface area contributed by atoms with Crippen molar-refractivity contribution in [3.63, 3.8) is 0 Å². The van der Waals surface area contributed by atoms with Crippen molar-refractivity contribution in [1.29, 1.82) is 0 Å². The first kappa shape index (κ1) is 20.8. The molecule has 0 unspecified atom stereocenters. The predicted molar refractivity (Wildman–Crippen MR) is 93.9 cm³/mol. The predicted octanol–water partition coefficient (Wildman–Crippen LogP) is 2.64. The van der Waals surface area contributed by atoms with Crippen molar-refractivity contribution in [3.05, 3.63) is 35.9 Å². The number of allylic oxidation sites excluding steroid dienone is 1. The molecule has 29 heavy (non-hydrogen) atoms. The normalized spacial score (nSPS) is 17.5. The summed E-state index contributed by atoms with van der Waals surface area (Å²) in [6.45, 7) is 2.15. The van der Waals surface area contributed by atoms with Gasteiger partial charge in [0.05, 0.1) is 19.6 Å². The van der Waals surface area contributed by atoms with Crippen LogP contribution in [0.15, 0.2) is 35.1 Å². The quantitative estimate of drug-likeness (QED) is 0.748. The summed E-state index contributed by atoms with van der Waals surface area (Å²) in [5.41, 5.74) is 0.243. The maximum Gasteiger partial charge on any atom is 0.573 e. The molecule has 7 nitrogen and oxygen atoms in total. The van der Waals surface area contributed by atoms with E-state index in [0.717, 1.165) is 18.2 Å². The molecule has 1 amide bonds. The van der Waals surface area contributed by atoms with Crippen LogP contribution < -0.4 is 10.1 Å². The Morgan fingerprint density at radius 2 is 2.00 bits per heavy atom. The average molecular weight is 415 g/mol. The molecule has 2 aliphatic rings. The first-order chi connectivity index (χ1) is 13.7. The second kappa shape index (κ2) is 8.60. The van der Waals surface area contributed by atoms with Crippen molar-refractivity contribution < 1.29 is 36.6 Å². The van der Waals surface area contributed by atoms with Crippen LogP contribution in [0.3, 0.4) is 0 Å². The lowest BCUT2D eigenvalue weighted by Crippen LogP contribution is -2.36. The van der Waals surface area contributed by atoms with Crippen LogP contribution in [0.25, 0.3) is 0 Å². The van der Waals surface area contributed by atoms with Gasteiger partial charge in [-0.15, -0.1) is 13.2 Å². The number of nitrogens with zero attached hydrogens (tertiary/aromatic N) is 2. The van der Waals surface area contributed by atoms with E-state index in [9.17, 15) is 27.2 Å². The van der Waals surface area contributed by atoms with E-state index >= 15 is 0 Å². The number of ether oxygens (including phenoxy) is 2. The Morgan fingerprint density at radius 1 is 1.28 bits per heavy atom. The number of carbonyl (C=O) groups is 2. The highest BCUT2D eigenvalue weighted by Crippen LogP contribution is 2.28. The molecule has 0 saturated carbocycles. The molecule has 156 valence electrons. The van der Waals surface area contributed by atoms with Gasteiger partial charge in [-0.3, -0.25) is 9.59 Å². The molecule has 2 aliphatic heterocycles. The Bertz CT molecular complexity index is 861. The lowest BCUT2D eigenvalue weighted by Gasteiger charge is -2.30. The minimum Gasteiger partial charge on any atom is -0.403 e. The molecule has 0 aliphatic carbocycles. The summed E-state index contributed by atoms with van der Waals surface area (Å²) in [5.74, 6) is -2.63. The molecule has 1 saturated heterocycles. The van der Waals surface area contributed by atoms with Gasteiger partial charge in [0.2, 0.25) is 5.91 Å². The summed E-state index contributed by atoms with van der Waals surface area (Å²) >= 11 is 0. The van der Waals surface area contributed by atoms with Crippen molar-refractivity contribution >= 4 is 23.1 Å². The highest BCUT2D eigenvalue weighted by atomic mass is 19.4. The molecule has 1 N–H and O–H groups in total. The Balaban J connectivity index is 1.66. The van der Waals surface area contributed by atoms with Crippen molar-refractivity contribution in [2.24, 2.45) is 4.99 Å². The number of rotatable bonds is 5. The summed E-state index contributed by atoms with van der Waals surface area (Å²) in [4.78, 5) is 30.4. The number of carbonyl (C=O) groups excluding carboxylic acids is 2. The lowest BCUT2D eigenvalue weighted by atomic mass is 10.1. The van der Waals surface area contributed by atoms with Crippen molar-refractivity contribution in [2.45, 2.75) is 19.2 Å². The third-order valence-corrected chi connectivity index (χ3v) is 4.08. The van der Waals surface area contributed by atoms with Gasteiger partial charge in [0.15, 0.2) is 17.3 Å². The number of benzene rings is 1. The maximum atomic E-state index is 13.5. The van der Waals surface area contributed by atoms with Gasteiger partial charge in [-0.2, -0.15) is 0 Å². The minimum absolute atomic E-state index is 0.0346. The monoisotopic (exact) mass is 415 g/mol. The number of aliphatic imine (C=N–C) groups is 1. The van der Waals surface area contributed by atoms with E-state index in [1.807, 2.05) is 4.90 Å². The van der Waals surface area contributed by atoms with Crippen LogP contribution in [0, 0.1) is 5.82 Å². The first-order valence-corrected chi connectivity index (χ1v) is 8.68. The molecule has 0 spiro atoms. The fourth-order valence-corrected chi connectivity index (χ4v) is 2.86. The number of hydrogen-bond donors (Lipinski definition) is 1. The molecule has 0 aromatic heterocycles. The number of anilines is 1. The zero-order valence-corrected chi connectivity index (χ0v) is 15.1. The van der Waals surface area contributed by atoms with Gasteiger partial charge in [0.25, 0.3) is 0 Å². The van der Waals surface area contributed by atoms with Gasteiger partial charge in [-0.05, 0) is 12.1 Å². The van der Waals surface area contributed by atoms with Gasteiger partial charge < -0.3 is 19.7 Å². The largest absolute Gasteiger partial charge is 0.573 e. The molecule has 1 aromatic carbocycles. The van der Waals surface area contributed by atoms with Crippen molar-refractivity contribution in [1.82, 2.24) is 4.90 Å². The van der Waals surface area contributed by atoms with Crippen LogP contribution in [0.1, 0.15) is 12.8 Å². The number of ketones is 1. The second-order valence-corrected chi connectivity index (χ2v) is 6.34. The van der Waals surface area contributed by atoms with Gasteiger partial charge in [0.1, 0.15) is 5.82 Å². The fraction of sp³-hybridized carbons (Fsp3) is 0.389. The molecular formula is C18H17F4N3O4. The standard InChI is InChI=1S/C18H17F4N3O4/c19-14-2-1-11(8-15(14)29-18(20,21)22)24-17(27)9-12-7-13(26)10-16(23-12)25-3-5-28-6-4-25/h1-2,8,10H,3-7,9H2,(H,24,27). The molecule has 11 heteroatoms. The van der Waals surface area contributed by atoms with Crippen LogP contribution in [0.5, 0.6) is 5.75 Å². The third kappa shape index (κ3) is 6.01. The molecule has 1 fully saturated rings. The Morgan fingerprint density at radius 3 is 2.69 bits per heavy atom. The van der Waals surface area contributed by atoms with Crippen molar-refractivity contribution in [2.75, 3.05) is 31.6 Å². The second-order valence-electron chi connectivity index (χ2n) is 6.34. The van der Waals surface area contributed by atoms with Gasteiger partial charge in [-0.1, -0.05) is 0 Å². The topological polar surface area (TPSA) is 80.2 Å². The average Bonchev–Trinajstić information content (AvgIpc) is 2.63. The van der Waals surface area contributed by atoms with Crippen LogP contribution in [-0.2, 0) is 14.3 Å². The molecule has 0 radical (unpaired) electrons. The van der Waals surface area contributed by atoms with Crippen molar-refractivity contribution in [3.8, 4) is 5.75 Å². The van der Waals surface area contributed by atoms with Crippen LogP contribution >= 0.6 is 0 Å². The third-order valence-electron chi connectivity index (χ3n) is 4.08. The molecular weight excluding hydrogens is 398 g/mol. The Hall–Kier alpha value is -2.95. The van der Waals surface area contributed by atoms with E-state index < -0.39 is 23.8 Å². The summed E-state index contributed by atoms with van der Waals surface area (Å²) in [5, 5.41) is 2.35. The fourth-order valence-electron chi connectivity index (χ4n) is 2.86. The van der Waals surface area contributed by atoms with E-state index in [0.29, 0.717) is 37.8 Å². The Kier molecular flexibility index (Phi) is 6.16. The summed E-state index contributed by atoms with van der Waals surface area (Å²) in [7, 11) is 0. The number of amides is 1. The summed E-state index contributed by atoms with van der Waals surface area (Å²) in [6.07, 6.45) is -3.93. The van der Waals surface area contributed by atoms with Crippen LogP contribution in [0.4, 0.5) is 23.2 Å². The van der Waals surface area contributed by atoms with Gasteiger partial charge >= 0.3 is 6.36 Å². The molecule has 1 aromatic rings. The molecule has 2 heterocycles. The molecule has 0 atom stereocenters. The van der Waals surface area contributed by atoms with Gasteiger partial charge in [-0.25, -0.2) is 9.38 Å². The maximum absolute atomic E-state index is 13.5. The number of morpholine rings is 1. The zero-order chi connectivity index (χ0) is 21.0. The Labute approximate surface area is 163 Å². The number of nitrogens with one attached hydrogen (secondary N) is 1. The summed E-state index contributed by atoms with van der Waals surface area (Å²) in [6, 6.07) is 2.58. The minimum atomic E-state index is -5.07. The SMILES string of the molecule is O=C1C=C(N2CCOCC2)N=C(CC(=O)Nc2ccc(F)c(OC(F)(F)F)c2)C1. The zero-order valence-electron chi connectivity index (χ0n) is 15.1. The number of alkyl halides is 3. The van der Waals surface area contributed by atoms with Crippen LogP contribution in [-0.4, -0.2) is 55.0 Å². The first-order valence-electron chi connectivity index (χ1n) is 8.68. The highest BCUT2D eigenvalue weighted by Gasteiger charge is 2.32. The lowest BCUT2D eigenvalue weighted by molar-refractivity contribution is -0.275. The van der Waals surface area contributed by atoms with E-state index in [2.05, 4.69) is 15.0 Å². The van der Waals surface area contributed by atoms with E-state index in [-0.39, 0.29) is 24.3 Å². The van der Waals surface area contributed by atoms with E-state index in [1.54, 1.807) is 0 Å². The molecule has 3 rings (SSSR count). The van der Waals surface area contributed by atoms with Crippen LogP contribution in [0.2, 0.25) is 0 Å². The smallest absolute Gasteiger partial charge is 0.403 e. The highest BCUT2D eigenvalue weighted by molar-refractivity contribution is 6.16. The molecule has 0 bridgehead atoms. The number of hydrogen-bond acceptors (Lipinski definition) is 6. The number of halogens is 4. The van der Waals surface area contributed by atoms with E-state index in [1.165, 1.54) is 6.08 Å². The van der Waals surface area contributed by atoms with E-state index in [4.69, 9.17) is 4.74 Å².